The molecule has 0 spiro atoms. The molecule has 0 bridgehead atoms. The number of carbonyl (C=O) groups excluding carboxylic acids is 1. The van der Waals surface area contributed by atoms with Gasteiger partial charge in [-0.15, -0.1) is 0 Å². The van der Waals surface area contributed by atoms with Crippen LogP contribution in [0.25, 0.3) is 0 Å². The molecule has 31 heavy (non-hydrogen) atoms. The lowest BCUT2D eigenvalue weighted by Crippen LogP contribution is -2.54. The largest absolute Gasteiger partial charge is 0.485 e. The molecule has 0 amide bonds. The average Bonchev–Trinajstić information content (AvgIpc) is 2.67. The van der Waals surface area contributed by atoms with Gasteiger partial charge in [0.1, 0.15) is 17.5 Å². The first-order chi connectivity index (χ1) is 14.5. The number of hydrogen-bond donors (Lipinski definition) is 0. The number of fused-ring (bicyclic) bond motifs is 1. The maximum absolute atomic E-state index is 13.0. The third-order valence-electron chi connectivity index (χ3n) is 4.84. The van der Waals surface area contributed by atoms with Crippen molar-refractivity contribution in [3.05, 3.63) is 63.6 Å². The molecule has 2 aromatic rings. The third-order valence-corrected chi connectivity index (χ3v) is 5.40. The molecular weight excluding hydrogens is 424 g/mol. The standard InChI is InChI=1S/C21H22N2O7S/c1-5-28-20(25)14-8-9-23(17(24)11-14)18-15-10-13(12-22)6-7-16(15)29-21(2,3)19(18)30-31(4,26)27/h6-11,18-19H,5H2,1-4H3/t18-,19+/m1/s1. The van der Waals surface area contributed by atoms with E-state index in [9.17, 15) is 23.3 Å². The summed E-state index contributed by atoms with van der Waals surface area (Å²) in [6, 6.07) is 8.30. The molecule has 0 radical (unpaired) electrons. The van der Waals surface area contributed by atoms with Gasteiger partial charge < -0.3 is 14.0 Å². The van der Waals surface area contributed by atoms with E-state index in [0.717, 1.165) is 12.3 Å². The van der Waals surface area contributed by atoms with Gasteiger partial charge in [0.25, 0.3) is 15.7 Å². The van der Waals surface area contributed by atoms with Crippen LogP contribution in [0, 0.1) is 11.3 Å². The van der Waals surface area contributed by atoms with Crippen molar-refractivity contribution in [2.24, 2.45) is 0 Å². The highest BCUT2D eigenvalue weighted by atomic mass is 32.2. The summed E-state index contributed by atoms with van der Waals surface area (Å²) >= 11 is 0. The normalized spacial score (nSPS) is 19.6. The first-order valence-electron chi connectivity index (χ1n) is 9.47. The molecular formula is C21H22N2O7S. The summed E-state index contributed by atoms with van der Waals surface area (Å²) in [7, 11) is -3.93. The highest BCUT2D eigenvalue weighted by Gasteiger charge is 2.48. The molecule has 2 heterocycles. The average molecular weight is 446 g/mol. The minimum Gasteiger partial charge on any atom is -0.485 e. The lowest BCUT2D eigenvalue weighted by atomic mass is 9.85. The molecule has 2 atom stereocenters. The van der Waals surface area contributed by atoms with Gasteiger partial charge in [0.05, 0.1) is 36.1 Å². The van der Waals surface area contributed by atoms with E-state index in [2.05, 4.69) is 0 Å². The molecule has 0 fully saturated rings. The maximum atomic E-state index is 13.0. The number of carbonyl (C=O) groups is 1. The molecule has 0 aliphatic carbocycles. The quantitative estimate of drug-likeness (QED) is 0.504. The van der Waals surface area contributed by atoms with Crippen LogP contribution in [0.4, 0.5) is 0 Å². The summed E-state index contributed by atoms with van der Waals surface area (Å²) in [6.07, 6.45) is 1.16. The second kappa shape index (κ2) is 8.17. The van der Waals surface area contributed by atoms with E-state index in [1.807, 2.05) is 6.07 Å². The Balaban J connectivity index is 2.23. The Labute approximate surface area is 179 Å². The number of pyridine rings is 1. The first kappa shape index (κ1) is 22.5. The van der Waals surface area contributed by atoms with Crippen molar-refractivity contribution in [3.63, 3.8) is 0 Å². The summed E-state index contributed by atoms with van der Waals surface area (Å²) in [4.78, 5) is 25.0. The number of benzene rings is 1. The monoisotopic (exact) mass is 446 g/mol. The van der Waals surface area contributed by atoms with Crippen LogP contribution >= 0.6 is 0 Å². The minimum atomic E-state index is -3.93. The van der Waals surface area contributed by atoms with Gasteiger partial charge in [-0.2, -0.15) is 13.7 Å². The highest BCUT2D eigenvalue weighted by Crippen LogP contribution is 2.43. The highest BCUT2D eigenvalue weighted by molar-refractivity contribution is 7.86. The Morgan fingerprint density at radius 3 is 2.58 bits per heavy atom. The number of rotatable bonds is 5. The van der Waals surface area contributed by atoms with Gasteiger partial charge in [0.2, 0.25) is 0 Å². The van der Waals surface area contributed by atoms with Gasteiger partial charge in [0, 0.05) is 17.8 Å². The van der Waals surface area contributed by atoms with E-state index in [4.69, 9.17) is 13.7 Å². The second-order valence-corrected chi connectivity index (χ2v) is 9.22. The first-order valence-corrected chi connectivity index (χ1v) is 11.3. The van der Waals surface area contributed by atoms with E-state index in [0.29, 0.717) is 16.9 Å². The van der Waals surface area contributed by atoms with Crippen molar-refractivity contribution < 1.29 is 26.9 Å². The molecule has 10 heteroatoms. The summed E-state index contributed by atoms with van der Waals surface area (Å²) < 4.78 is 41.6. The van der Waals surface area contributed by atoms with Crippen LogP contribution in [-0.4, -0.2) is 43.5 Å². The fourth-order valence-corrected chi connectivity index (χ4v) is 4.25. The zero-order chi connectivity index (χ0) is 23.0. The molecule has 164 valence electrons. The lowest BCUT2D eigenvalue weighted by molar-refractivity contribution is -0.0463. The van der Waals surface area contributed by atoms with Crippen LogP contribution in [0.1, 0.15) is 48.3 Å². The number of nitriles is 1. The molecule has 1 aromatic carbocycles. The molecule has 1 aromatic heterocycles. The van der Waals surface area contributed by atoms with Gasteiger partial charge in [-0.1, -0.05) is 0 Å². The van der Waals surface area contributed by atoms with Gasteiger partial charge in [0.15, 0.2) is 0 Å². The Hall–Kier alpha value is -3.16. The van der Waals surface area contributed by atoms with Crippen molar-refractivity contribution in [3.8, 4) is 11.8 Å². The number of esters is 1. The van der Waals surface area contributed by atoms with Gasteiger partial charge in [-0.05, 0) is 45.0 Å². The Bertz CT molecular complexity index is 1230. The SMILES string of the molecule is CCOC(=O)c1ccn([C@@H]2c3cc(C#N)ccc3OC(C)(C)[C@H]2OS(C)(=O)=O)c(=O)c1. The van der Waals surface area contributed by atoms with Crippen molar-refractivity contribution in [1.29, 1.82) is 5.26 Å². The summed E-state index contributed by atoms with van der Waals surface area (Å²) in [5.41, 5.74) is -0.919. The van der Waals surface area contributed by atoms with Crippen LogP contribution < -0.4 is 10.3 Å². The Morgan fingerprint density at radius 2 is 2.00 bits per heavy atom. The molecule has 3 rings (SSSR count). The lowest BCUT2D eigenvalue weighted by Gasteiger charge is -2.44. The number of aromatic nitrogens is 1. The van der Waals surface area contributed by atoms with E-state index in [-0.39, 0.29) is 12.2 Å². The zero-order valence-electron chi connectivity index (χ0n) is 17.5. The van der Waals surface area contributed by atoms with E-state index < -0.39 is 39.4 Å². The van der Waals surface area contributed by atoms with Crippen molar-refractivity contribution >= 4 is 16.1 Å². The summed E-state index contributed by atoms with van der Waals surface area (Å²) in [6.45, 7) is 5.11. The van der Waals surface area contributed by atoms with E-state index in [1.54, 1.807) is 32.9 Å². The molecule has 0 saturated carbocycles. The zero-order valence-corrected chi connectivity index (χ0v) is 18.3. The predicted octanol–water partition coefficient (Wildman–Crippen LogP) is 2.00. The van der Waals surface area contributed by atoms with Gasteiger partial charge in [-0.25, -0.2) is 4.79 Å². The summed E-state index contributed by atoms with van der Waals surface area (Å²) in [5, 5.41) is 9.32. The predicted molar refractivity (Wildman–Crippen MR) is 110 cm³/mol. The third kappa shape index (κ3) is 4.62. The maximum Gasteiger partial charge on any atom is 0.338 e. The van der Waals surface area contributed by atoms with Crippen LogP contribution in [0.2, 0.25) is 0 Å². The fourth-order valence-electron chi connectivity index (χ4n) is 3.54. The minimum absolute atomic E-state index is 0.0704. The van der Waals surface area contributed by atoms with E-state index in [1.165, 1.54) is 22.9 Å². The smallest absolute Gasteiger partial charge is 0.338 e. The Kier molecular flexibility index (Phi) is 5.93. The molecule has 9 nitrogen and oxygen atoms in total. The second-order valence-electron chi connectivity index (χ2n) is 7.62. The van der Waals surface area contributed by atoms with Crippen LogP contribution in [0.15, 0.2) is 41.3 Å². The van der Waals surface area contributed by atoms with Crippen LogP contribution in [0.3, 0.4) is 0 Å². The number of ether oxygens (including phenoxy) is 2. The Morgan fingerprint density at radius 1 is 1.29 bits per heavy atom. The van der Waals surface area contributed by atoms with Crippen molar-refractivity contribution in [2.75, 3.05) is 12.9 Å². The topological polar surface area (TPSA) is 125 Å². The fraction of sp³-hybridized carbons (Fsp3) is 0.381. The number of nitrogens with zero attached hydrogens (tertiary/aromatic N) is 2. The van der Waals surface area contributed by atoms with Crippen LogP contribution in [0.5, 0.6) is 5.75 Å². The molecule has 1 aliphatic heterocycles. The molecule has 0 N–H and O–H groups in total. The van der Waals surface area contributed by atoms with Gasteiger partial charge in [-0.3, -0.25) is 8.98 Å². The molecule has 1 aliphatic rings. The molecule has 0 unspecified atom stereocenters. The van der Waals surface area contributed by atoms with Crippen molar-refractivity contribution in [2.45, 2.75) is 38.5 Å². The van der Waals surface area contributed by atoms with Gasteiger partial charge >= 0.3 is 5.97 Å². The van der Waals surface area contributed by atoms with Crippen molar-refractivity contribution in [1.82, 2.24) is 4.57 Å². The summed E-state index contributed by atoms with van der Waals surface area (Å²) in [5.74, 6) is -0.251. The molecule has 0 saturated heterocycles. The van der Waals surface area contributed by atoms with Crippen LogP contribution in [-0.2, 0) is 19.0 Å². The van der Waals surface area contributed by atoms with E-state index >= 15 is 0 Å². The number of hydrogen-bond acceptors (Lipinski definition) is 8.